The van der Waals surface area contributed by atoms with Crippen LogP contribution in [0.5, 0.6) is 0 Å². The molecule has 0 amide bonds. The predicted molar refractivity (Wildman–Crippen MR) is 40.8 cm³/mol. The van der Waals surface area contributed by atoms with Crippen molar-refractivity contribution in [1.29, 1.82) is 0 Å². The molecule has 0 spiro atoms. The van der Waals surface area contributed by atoms with Gasteiger partial charge in [0.15, 0.2) is 0 Å². The molecule has 0 fully saturated rings. The van der Waals surface area contributed by atoms with Crippen LogP contribution in [0.3, 0.4) is 0 Å². The summed E-state index contributed by atoms with van der Waals surface area (Å²) in [6, 6.07) is 2.12. The molecule has 0 atom stereocenters. The van der Waals surface area contributed by atoms with E-state index in [0.29, 0.717) is 0 Å². The van der Waals surface area contributed by atoms with E-state index in [1.165, 1.54) is 10.5 Å². The number of pyridine rings is 1. The molecule has 0 aliphatic carbocycles. The number of nitrogens with zero attached hydrogens (tertiary/aromatic N) is 1. The van der Waals surface area contributed by atoms with Crippen LogP contribution in [0, 0.1) is 6.92 Å². The van der Waals surface area contributed by atoms with E-state index in [9.17, 15) is 0 Å². The zero-order valence-electron chi connectivity index (χ0n) is 5.59. The third-order valence-corrected chi connectivity index (χ3v) is 1.78. The van der Waals surface area contributed by atoms with E-state index >= 15 is 0 Å². The van der Waals surface area contributed by atoms with Gasteiger partial charge in [-0.2, -0.15) is 0 Å². The molecule has 0 aliphatic rings. The SMILES string of the molecule is CSc1cncc(C)c1. The summed E-state index contributed by atoms with van der Waals surface area (Å²) in [6.07, 6.45) is 5.79. The Morgan fingerprint density at radius 2 is 2.22 bits per heavy atom. The molecular formula is C7H9NS. The standard InChI is InChI=1S/C7H9NS/c1-6-3-7(9-2)5-8-4-6/h3-5H,1-2H3. The summed E-state index contributed by atoms with van der Waals surface area (Å²) in [7, 11) is 0. The molecule has 48 valence electrons. The first-order chi connectivity index (χ1) is 4.33. The largest absolute Gasteiger partial charge is 0.263 e. The molecule has 2 heteroatoms. The van der Waals surface area contributed by atoms with Crippen LogP contribution in [0.4, 0.5) is 0 Å². The monoisotopic (exact) mass is 139 g/mol. The molecule has 1 aromatic heterocycles. The van der Waals surface area contributed by atoms with Crippen LogP contribution in [-0.4, -0.2) is 11.2 Å². The lowest BCUT2D eigenvalue weighted by atomic mass is 10.3. The number of hydrogen-bond donors (Lipinski definition) is 0. The summed E-state index contributed by atoms with van der Waals surface area (Å²) in [5.41, 5.74) is 1.22. The second-order valence-electron chi connectivity index (χ2n) is 1.90. The van der Waals surface area contributed by atoms with Crippen molar-refractivity contribution < 1.29 is 0 Å². The van der Waals surface area contributed by atoms with E-state index in [1.807, 2.05) is 19.3 Å². The minimum absolute atomic E-state index is 1.22. The van der Waals surface area contributed by atoms with Crippen molar-refractivity contribution in [3.8, 4) is 0 Å². The second kappa shape index (κ2) is 2.87. The first-order valence-electron chi connectivity index (χ1n) is 2.78. The predicted octanol–water partition coefficient (Wildman–Crippen LogP) is 2.11. The average Bonchev–Trinajstić information content (AvgIpc) is 1.88. The minimum atomic E-state index is 1.22. The highest BCUT2D eigenvalue weighted by Gasteiger charge is 1.87. The van der Waals surface area contributed by atoms with E-state index in [1.54, 1.807) is 11.8 Å². The topological polar surface area (TPSA) is 12.9 Å². The molecule has 0 aliphatic heterocycles. The summed E-state index contributed by atoms with van der Waals surface area (Å²) in [6.45, 7) is 2.05. The number of hydrogen-bond acceptors (Lipinski definition) is 2. The van der Waals surface area contributed by atoms with Gasteiger partial charge in [-0.05, 0) is 24.8 Å². The Balaban J connectivity index is 2.94. The highest BCUT2D eigenvalue weighted by atomic mass is 32.2. The van der Waals surface area contributed by atoms with Crippen molar-refractivity contribution in [2.45, 2.75) is 11.8 Å². The lowest BCUT2D eigenvalue weighted by molar-refractivity contribution is 1.19. The third-order valence-electron chi connectivity index (χ3n) is 1.09. The molecule has 1 nitrogen and oxygen atoms in total. The summed E-state index contributed by atoms with van der Waals surface area (Å²) < 4.78 is 0. The second-order valence-corrected chi connectivity index (χ2v) is 2.78. The third kappa shape index (κ3) is 1.72. The Labute approximate surface area is 59.5 Å². The van der Waals surface area contributed by atoms with Gasteiger partial charge in [0.05, 0.1) is 0 Å². The van der Waals surface area contributed by atoms with Crippen LogP contribution >= 0.6 is 11.8 Å². The molecule has 0 saturated heterocycles. The maximum atomic E-state index is 4.03. The lowest BCUT2D eigenvalue weighted by Gasteiger charge is -1.93. The van der Waals surface area contributed by atoms with Gasteiger partial charge in [-0.15, -0.1) is 11.8 Å². The van der Waals surface area contributed by atoms with E-state index in [0.717, 1.165) is 0 Å². The minimum Gasteiger partial charge on any atom is -0.263 e. The molecule has 0 unspecified atom stereocenters. The number of thioether (sulfide) groups is 1. The fourth-order valence-electron chi connectivity index (χ4n) is 0.639. The van der Waals surface area contributed by atoms with Gasteiger partial charge in [-0.1, -0.05) is 0 Å². The smallest absolute Gasteiger partial charge is 0.0403 e. The maximum Gasteiger partial charge on any atom is 0.0403 e. The normalized spacial score (nSPS) is 9.56. The average molecular weight is 139 g/mol. The highest BCUT2D eigenvalue weighted by molar-refractivity contribution is 7.98. The first-order valence-corrected chi connectivity index (χ1v) is 4.01. The zero-order valence-corrected chi connectivity index (χ0v) is 6.40. The molecule has 1 heterocycles. The first kappa shape index (κ1) is 6.62. The molecule has 0 radical (unpaired) electrons. The Morgan fingerprint density at radius 1 is 1.44 bits per heavy atom. The number of aromatic nitrogens is 1. The van der Waals surface area contributed by atoms with Crippen LogP contribution < -0.4 is 0 Å². The highest BCUT2D eigenvalue weighted by Crippen LogP contribution is 2.12. The number of aryl methyl sites for hydroxylation is 1. The van der Waals surface area contributed by atoms with Gasteiger partial charge in [0, 0.05) is 17.3 Å². The van der Waals surface area contributed by atoms with E-state index < -0.39 is 0 Å². The van der Waals surface area contributed by atoms with Gasteiger partial charge in [-0.25, -0.2) is 0 Å². The number of rotatable bonds is 1. The van der Waals surface area contributed by atoms with Crippen molar-refractivity contribution in [2.24, 2.45) is 0 Å². The Morgan fingerprint density at radius 3 is 2.67 bits per heavy atom. The van der Waals surface area contributed by atoms with Crippen molar-refractivity contribution >= 4 is 11.8 Å². The Kier molecular flexibility index (Phi) is 2.11. The molecule has 0 aromatic carbocycles. The van der Waals surface area contributed by atoms with Crippen LogP contribution in [0.2, 0.25) is 0 Å². The van der Waals surface area contributed by atoms with Gasteiger partial charge in [0.2, 0.25) is 0 Å². The van der Waals surface area contributed by atoms with Crippen LogP contribution in [0.25, 0.3) is 0 Å². The van der Waals surface area contributed by atoms with E-state index in [4.69, 9.17) is 0 Å². The summed E-state index contributed by atoms with van der Waals surface area (Å²) >= 11 is 1.72. The molecule has 0 saturated carbocycles. The van der Waals surface area contributed by atoms with Crippen molar-refractivity contribution in [1.82, 2.24) is 4.98 Å². The quantitative estimate of drug-likeness (QED) is 0.553. The van der Waals surface area contributed by atoms with Gasteiger partial charge in [0.25, 0.3) is 0 Å². The lowest BCUT2D eigenvalue weighted by Crippen LogP contribution is -1.76. The van der Waals surface area contributed by atoms with Crippen molar-refractivity contribution in [3.63, 3.8) is 0 Å². The molecule has 0 bridgehead atoms. The van der Waals surface area contributed by atoms with Gasteiger partial charge >= 0.3 is 0 Å². The summed E-state index contributed by atoms with van der Waals surface area (Å²) in [4.78, 5) is 5.27. The van der Waals surface area contributed by atoms with E-state index in [2.05, 4.69) is 17.3 Å². The fraction of sp³-hybridized carbons (Fsp3) is 0.286. The summed E-state index contributed by atoms with van der Waals surface area (Å²) in [5, 5.41) is 0. The molecule has 0 N–H and O–H groups in total. The van der Waals surface area contributed by atoms with Gasteiger partial charge in [0.1, 0.15) is 0 Å². The fourth-order valence-corrected chi connectivity index (χ4v) is 1.11. The Hall–Kier alpha value is -0.500. The maximum absolute atomic E-state index is 4.03. The Bertz CT molecular complexity index is 198. The van der Waals surface area contributed by atoms with Gasteiger partial charge < -0.3 is 0 Å². The van der Waals surface area contributed by atoms with Crippen LogP contribution in [-0.2, 0) is 0 Å². The van der Waals surface area contributed by atoms with Crippen molar-refractivity contribution in [3.05, 3.63) is 24.0 Å². The van der Waals surface area contributed by atoms with Gasteiger partial charge in [-0.3, -0.25) is 4.98 Å². The van der Waals surface area contributed by atoms with Crippen LogP contribution in [0.1, 0.15) is 5.56 Å². The molecule has 1 rings (SSSR count). The van der Waals surface area contributed by atoms with Crippen LogP contribution in [0.15, 0.2) is 23.4 Å². The molecular weight excluding hydrogens is 130 g/mol. The van der Waals surface area contributed by atoms with Crippen molar-refractivity contribution in [2.75, 3.05) is 6.26 Å². The molecule has 9 heavy (non-hydrogen) atoms. The molecule has 1 aromatic rings. The summed E-state index contributed by atoms with van der Waals surface area (Å²) in [5.74, 6) is 0. The van der Waals surface area contributed by atoms with E-state index in [-0.39, 0.29) is 0 Å². The zero-order chi connectivity index (χ0) is 6.69.